The van der Waals surface area contributed by atoms with E-state index in [-0.39, 0.29) is 33.8 Å². The van der Waals surface area contributed by atoms with Crippen molar-refractivity contribution in [3.05, 3.63) is 46.6 Å². The van der Waals surface area contributed by atoms with E-state index in [9.17, 15) is 20.1 Å². The monoisotopic (exact) mass is 303 g/mol. The van der Waals surface area contributed by atoms with Gasteiger partial charge in [-0.25, -0.2) is 0 Å². The standard InChI is InChI=1S/C16H12O6/c1-21-14-4-8(2-3-10(14)18)13-7-12(20)16-11(19)5-9(17)6-15(16)22-13/h2-7,17-19H,1H3/i1D3. The van der Waals surface area contributed by atoms with Crippen LogP contribution >= 0.6 is 0 Å². The van der Waals surface area contributed by atoms with Crippen molar-refractivity contribution in [2.24, 2.45) is 0 Å². The van der Waals surface area contributed by atoms with Crippen molar-refractivity contribution in [3.63, 3.8) is 0 Å². The van der Waals surface area contributed by atoms with Gasteiger partial charge in [0.2, 0.25) is 0 Å². The molecule has 2 aromatic carbocycles. The molecule has 3 N–H and O–H groups in total. The molecule has 3 aromatic rings. The van der Waals surface area contributed by atoms with Crippen LogP contribution in [-0.4, -0.2) is 22.4 Å². The normalized spacial score (nSPS) is 13.4. The highest BCUT2D eigenvalue weighted by atomic mass is 16.5. The van der Waals surface area contributed by atoms with E-state index in [2.05, 4.69) is 0 Å². The lowest BCUT2D eigenvalue weighted by Gasteiger charge is -2.08. The molecule has 0 saturated carbocycles. The van der Waals surface area contributed by atoms with Crippen LogP contribution in [0, 0.1) is 0 Å². The van der Waals surface area contributed by atoms with E-state index in [1.165, 1.54) is 24.3 Å². The Kier molecular flexibility index (Phi) is 2.40. The van der Waals surface area contributed by atoms with Gasteiger partial charge in [-0.2, -0.15) is 0 Å². The molecule has 0 spiro atoms. The molecule has 112 valence electrons. The number of phenolic OH excluding ortho intramolecular Hbond substituents is 3. The molecule has 6 nitrogen and oxygen atoms in total. The first-order valence-electron chi connectivity index (χ1n) is 7.66. The highest BCUT2D eigenvalue weighted by molar-refractivity contribution is 5.86. The summed E-state index contributed by atoms with van der Waals surface area (Å²) >= 11 is 0. The van der Waals surface area contributed by atoms with Crippen LogP contribution in [0.2, 0.25) is 0 Å². The van der Waals surface area contributed by atoms with Crippen LogP contribution in [0.1, 0.15) is 4.11 Å². The van der Waals surface area contributed by atoms with Crippen molar-refractivity contribution in [1.82, 2.24) is 0 Å². The Hall–Kier alpha value is -3.15. The van der Waals surface area contributed by atoms with Gasteiger partial charge in [0.05, 0.1) is 11.2 Å². The second-order valence-electron chi connectivity index (χ2n) is 4.60. The van der Waals surface area contributed by atoms with E-state index in [1.807, 2.05) is 0 Å². The third kappa shape index (κ3) is 2.20. The Labute approximate surface area is 128 Å². The molecule has 0 amide bonds. The Bertz CT molecular complexity index is 1020. The van der Waals surface area contributed by atoms with Gasteiger partial charge in [-0.3, -0.25) is 4.79 Å². The third-order valence-corrected chi connectivity index (χ3v) is 3.15. The average Bonchev–Trinajstić information content (AvgIpc) is 2.46. The summed E-state index contributed by atoms with van der Waals surface area (Å²) in [5.74, 6) is -1.37. The third-order valence-electron chi connectivity index (χ3n) is 3.15. The molecule has 1 aromatic heterocycles. The number of rotatable bonds is 2. The smallest absolute Gasteiger partial charge is 0.197 e. The van der Waals surface area contributed by atoms with Crippen LogP contribution in [0.15, 0.2) is 45.6 Å². The molecule has 0 unspecified atom stereocenters. The van der Waals surface area contributed by atoms with Gasteiger partial charge in [-0.1, -0.05) is 0 Å². The predicted octanol–water partition coefficient (Wildman–Crippen LogP) is 2.59. The fraction of sp³-hybridized carbons (Fsp3) is 0.0625. The summed E-state index contributed by atoms with van der Waals surface area (Å²) in [6.45, 7) is 0. The van der Waals surface area contributed by atoms with Crippen molar-refractivity contribution in [3.8, 4) is 34.3 Å². The van der Waals surface area contributed by atoms with Crippen LogP contribution in [0.4, 0.5) is 0 Å². The maximum atomic E-state index is 12.2. The van der Waals surface area contributed by atoms with Gasteiger partial charge < -0.3 is 24.5 Å². The molecule has 0 aliphatic rings. The number of aromatic hydroxyl groups is 3. The van der Waals surface area contributed by atoms with Crippen LogP contribution in [-0.2, 0) is 0 Å². The molecular formula is C16H12O6. The molecule has 0 bridgehead atoms. The van der Waals surface area contributed by atoms with E-state index in [4.69, 9.17) is 13.3 Å². The maximum absolute atomic E-state index is 12.2. The van der Waals surface area contributed by atoms with Gasteiger partial charge in [0.25, 0.3) is 0 Å². The van der Waals surface area contributed by atoms with Crippen LogP contribution in [0.25, 0.3) is 22.3 Å². The first kappa shape index (κ1) is 10.6. The van der Waals surface area contributed by atoms with E-state index in [1.54, 1.807) is 0 Å². The quantitative estimate of drug-likeness (QED) is 0.673. The zero-order valence-electron chi connectivity index (χ0n) is 14.0. The minimum Gasteiger partial charge on any atom is -0.508 e. The van der Waals surface area contributed by atoms with Gasteiger partial charge in [0.15, 0.2) is 16.9 Å². The molecule has 0 aliphatic carbocycles. The summed E-state index contributed by atoms with van der Waals surface area (Å²) in [6.07, 6.45) is 0. The number of benzene rings is 2. The second-order valence-corrected chi connectivity index (χ2v) is 4.60. The zero-order chi connectivity index (χ0) is 18.4. The van der Waals surface area contributed by atoms with Gasteiger partial charge >= 0.3 is 0 Å². The molecule has 22 heavy (non-hydrogen) atoms. The summed E-state index contributed by atoms with van der Waals surface area (Å²) in [5.41, 5.74) is -0.342. The fourth-order valence-electron chi connectivity index (χ4n) is 2.15. The van der Waals surface area contributed by atoms with Gasteiger partial charge in [-0.15, -0.1) is 0 Å². The highest BCUT2D eigenvalue weighted by Crippen LogP contribution is 2.34. The van der Waals surface area contributed by atoms with E-state index in [0.717, 1.165) is 12.1 Å². The summed E-state index contributed by atoms with van der Waals surface area (Å²) in [7, 11) is -2.77. The number of hydrogen-bond donors (Lipinski definition) is 3. The predicted molar refractivity (Wildman–Crippen MR) is 79.5 cm³/mol. The number of phenols is 3. The molecule has 0 aliphatic heterocycles. The first-order valence-corrected chi connectivity index (χ1v) is 6.16. The minimum atomic E-state index is -2.77. The maximum Gasteiger partial charge on any atom is 0.197 e. The summed E-state index contributed by atoms with van der Waals surface area (Å²) in [6, 6.07) is 7.08. The van der Waals surface area contributed by atoms with E-state index >= 15 is 0 Å². The topological polar surface area (TPSA) is 100 Å². The largest absolute Gasteiger partial charge is 0.508 e. The molecule has 1 heterocycles. The highest BCUT2D eigenvalue weighted by Gasteiger charge is 2.13. The zero-order valence-corrected chi connectivity index (χ0v) is 11.0. The van der Waals surface area contributed by atoms with Crippen molar-refractivity contribution < 1.29 is 28.6 Å². The molecule has 0 fully saturated rings. The molecular weight excluding hydrogens is 288 g/mol. The van der Waals surface area contributed by atoms with Crippen LogP contribution in [0.3, 0.4) is 0 Å². The number of methoxy groups -OCH3 is 1. The molecule has 3 rings (SSSR count). The Balaban J connectivity index is 2.17. The number of ether oxygens (including phenoxy) is 1. The minimum absolute atomic E-state index is 0.0397. The van der Waals surface area contributed by atoms with Crippen molar-refractivity contribution >= 4 is 11.0 Å². The molecule has 0 saturated heterocycles. The van der Waals surface area contributed by atoms with Crippen molar-refractivity contribution in [2.45, 2.75) is 0 Å². The Morgan fingerprint density at radius 1 is 1.09 bits per heavy atom. The summed E-state index contributed by atoms with van der Waals surface area (Å²) < 4.78 is 31.5. The van der Waals surface area contributed by atoms with E-state index < -0.39 is 24.0 Å². The van der Waals surface area contributed by atoms with Gasteiger partial charge in [-0.05, 0) is 18.2 Å². The van der Waals surface area contributed by atoms with Gasteiger partial charge in [0, 0.05) is 23.8 Å². The van der Waals surface area contributed by atoms with Crippen LogP contribution < -0.4 is 10.2 Å². The number of fused-ring (bicyclic) bond motifs is 1. The second kappa shape index (κ2) is 5.00. The van der Waals surface area contributed by atoms with Crippen molar-refractivity contribution in [2.75, 3.05) is 7.04 Å². The number of hydrogen-bond acceptors (Lipinski definition) is 6. The molecule has 0 atom stereocenters. The van der Waals surface area contributed by atoms with Crippen LogP contribution in [0.5, 0.6) is 23.0 Å². The SMILES string of the molecule is [2H]C([2H])([2H])Oc1cc(-c2cc(=O)c3c(O)cc(O)cc3o2)ccc1O. The Morgan fingerprint density at radius 2 is 1.91 bits per heavy atom. The lowest BCUT2D eigenvalue weighted by atomic mass is 10.1. The molecule has 6 heteroatoms. The summed E-state index contributed by atoms with van der Waals surface area (Å²) in [4.78, 5) is 12.2. The van der Waals surface area contributed by atoms with Gasteiger partial charge in [0.1, 0.15) is 28.2 Å². The Morgan fingerprint density at radius 3 is 2.68 bits per heavy atom. The lowest BCUT2D eigenvalue weighted by Crippen LogP contribution is -2.00. The average molecular weight is 303 g/mol. The lowest BCUT2D eigenvalue weighted by molar-refractivity contribution is 0.373. The fourth-order valence-corrected chi connectivity index (χ4v) is 2.15. The summed E-state index contributed by atoms with van der Waals surface area (Å²) in [5, 5.41) is 28.9. The first-order chi connectivity index (χ1) is 11.6. The van der Waals surface area contributed by atoms with Crippen molar-refractivity contribution in [1.29, 1.82) is 0 Å². The van der Waals surface area contributed by atoms with E-state index in [0.29, 0.717) is 0 Å². The molecule has 0 radical (unpaired) electrons.